The fraction of sp³-hybridized carbons (Fsp3) is 0.581. The first-order valence-electron chi connectivity index (χ1n) is 12.9. The summed E-state index contributed by atoms with van der Waals surface area (Å²) in [6.45, 7) is 26.6. The lowest BCUT2D eigenvalue weighted by molar-refractivity contribution is -0.407. The van der Waals surface area contributed by atoms with Crippen LogP contribution in [0.25, 0.3) is 0 Å². The molecule has 2 rings (SSSR count). The molecule has 7 nitrogen and oxygen atoms in total. The van der Waals surface area contributed by atoms with E-state index in [0.29, 0.717) is 5.56 Å². The molecule has 2 aromatic carbocycles. The van der Waals surface area contributed by atoms with Crippen molar-refractivity contribution in [3.8, 4) is 0 Å². The Hall–Kier alpha value is -2.29. The second kappa shape index (κ2) is 12.7. The van der Waals surface area contributed by atoms with E-state index in [4.69, 9.17) is 24.8 Å². The lowest BCUT2D eigenvalue weighted by Crippen LogP contribution is -2.36. The molecule has 2 aromatic rings. The molecule has 7 heteroatoms. The van der Waals surface area contributed by atoms with Gasteiger partial charge in [-0.1, -0.05) is 57.2 Å². The van der Waals surface area contributed by atoms with Gasteiger partial charge in [-0.15, -0.1) is 0 Å². The van der Waals surface area contributed by atoms with Crippen LogP contribution in [0.5, 0.6) is 0 Å². The van der Waals surface area contributed by atoms with Crippen LogP contribution in [0.3, 0.4) is 0 Å². The highest BCUT2D eigenvalue weighted by atomic mass is 17.2. The van der Waals surface area contributed by atoms with Crippen molar-refractivity contribution >= 4 is 5.97 Å². The summed E-state index contributed by atoms with van der Waals surface area (Å²) in [5, 5.41) is 7.94. The van der Waals surface area contributed by atoms with Gasteiger partial charge >= 0.3 is 5.97 Å². The first-order chi connectivity index (χ1) is 17.1. The van der Waals surface area contributed by atoms with Gasteiger partial charge in [0.1, 0.15) is 11.2 Å². The summed E-state index contributed by atoms with van der Waals surface area (Å²) < 4.78 is 0. The standard InChI is InChI=1S/C24H42O4.C7H6O3/c1-20(2,3)17-15-14-16-18(23(10,11)27-25-21(4,5)6)19(17)24(12,13)28-26-22(7,8)9;8-7(10-9)6-4-2-1-3-5-6/h14-16H,1-13H3;1-5,9H. The molecule has 0 atom stereocenters. The van der Waals surface area contributed by atoms with Crippen LogP contribution in [0.1, 0.15) is 117 Å². The summed E-state index contributed by atoms with van der Waals surface area (Å²) in [5.41, 5.74) is 1.37. The van der Waals surface area contributed by atoms with Gasteiger partial charge in [0.25, 0.3) is 0 Å². The third-order valence-electron chi connectivity index (χ3n) is 5.22. The fourth-order valence-corrected chi connectivity index (χ4v) is 3.50. The fourth-order valence-electron chi connectivity index (χ4n) is 3.50. The molecule has 0 saturated heterocycles. The Morgan fingerprint density at radius 3 is 1.45 bits per heavy atom. The summed E-state index contributed by atoms with van der Waals surface area (Å²) in [6.07, 6.45) is 0. The molecule has 0 spiro atoms. The zero-order valence-corrected chi connectivity index (χ0v) is 25.5. The maximum Gasteiger partial charge on any atom is 0.372 e. The second-order valence-electron chi connectivity index (χ2n) is 13.3. The molecule has 0 aliphatic rings. The Morgan fingerprint density at radius 2 is 1.03 bits per heavy atom. The predicted molar refractivity (Wildman–Crippen MR) is 150 cm³/mol. The van der Waals surface area contributed by atoms with Gasteiger partial charge in [-0.25, -0.2) is 24.3 Å². The number of carbonyl (C=O) groups is 1. The second-order valence-corrected chi connectivity index (χ2v) is 13.3. The molecule has 0 unspecified atom stereocenters. The zero-order chi connectivity index (χ0) is 29.6. The lowest BCUT2D eigenvalue weighted by atomic mass is 9.74. The van der Waals surface area contributed by atoms with Crippen molar-refractivity contribution in [2.24, 2.45) is 0 Å². The maximum absolute atomic E-state index is 10.5. The van der Waals surface area contributed by atoms with Crippen LogP contribution in [0.15, 0.2) is 48.5 Å². The Kier molecular flexibility index (Phi) is 11.3. The number of benzene rings is 2. The van der Waals surface area contributed by atoms with Gasteiger partial charge in [0.05, 0.1) is 16.8 Å². The SMILES string of the molecule is CC(C)(C)OOC(C)(C)c1cccc(C(C)(C)C)c1C(C)(C)OOC(C)(C)C.O=C(OO)c1ccccc1. The minimum absolute atomic E-state index is 0.0747. The van der Waals surface area contributed by atoms with Gasteiger partial charge in [0, 0.05) is 0 Å². The summed E-state index contributed by atoms with van der Waals surface area (Å²) in [7, 11) is 0. The number of carbonyl (C=O) groups excluding carboxylic acids is 1. The highest BCUT2D eigenvalue weighted by Gasteiger charge is 2.39. The van der Waals surface area contributed by atoms with E-state index < -0.39 is 28.4 Å². The summed E-state index contributed by atoms with van der Waals surface area (Å²) in [6, 6.07) is 14.6. The van der Waals surface area contributed by atoms with Gasteiger partial charge in [-0.05, 0) is 103 Å². The minimum atomic E-state index is -0.736. The topological polar surface area (TPSA) is 83.5 Å². The molecule has 214 valence electrons. The minimum Gasteiger partial charge on any atom is -0.296 e. The number of rotatable bonds is 7. The van der Waals surface area contributed by atoms with Crippen molar-refractivity contribution in [1.29, 1.82) is 0 Å². The van der Waals surface area contributed by atoms with Crippen LogP contribution in [0.4, 0.5) is 0 Å². The molecular weight excluding hydrogens is 484 g/mol. The Bertz CT molecular complexity index is 1020. The third-order valence-corrected chi connectivity index (χ3v) is 5.22. The molecule has 0 aromatic heterocycles. The van der Waals surface area contributed by atoms with E-state index in [1.54, 1.807) is 30.3 Å². The first-order valence-corrected chi connectivity index (χ1v) is 12.9. The molecule has 0 saturated carbocycles. The van der Waals surface area contributed by atoms with E-state index in [1.165, 1.54) is 5.56 Å². The monoisotopic (exact) mass is 532 g/mol. The highest BCUT2D eigenvalue weighted by Crippen LogP contribution is 2.42. The lowest BCUT2D eigenvalue weighted by Gasteiger charge is -2.39. The van der Waals surface area contributed by atoms with Crippen molar-refractivity contribution < 1.29 is 34.5 Å². The van der Waals surface area contributed by atoms with E-state index in [1.807, 2.05) is 69.2 Å². The van der Waals surface area contributed by atoms with E-state index in [9.17, 15) is 4.79 Å². The average Bonchev–Trinajstić information content (AvgIpc) is 2.80. The van der Waals surface area contributed by atoms with Crippen LogP contribution in [-0.4, -0.2) is 22.4 Å². The maximum atomic E-state index is 10.5. The zero-order valence-electron chi connectivity index (χ0n) is 25.5. The molecule has 0 aliphatic heterocycles. The van der Waals surface area contributed by atoms with Gasteiger partial charge in [-0.3, -0.25) is 4.89 Å². The molecule has 0 aliphatic carbocycles. The third kappa shape index (κ3) is 10.8. The smallest absolute Gasteiger partial charge is 0.296 e. The normalized spacial score (nSPS) is 13.0. The molecule has 0 bridgehead atoms. The van der Waals surface area contributed by atoms with Crippen molar-refractivity contribution in [2.45, 2.75) is 118 Å². The predicted octanol–water partition coefficient (Wildman–Crippen LogP) is 8.26. The molecule has 0 radical (unpaired) electrons. The quantitative estimate of drug-likeness (QED) is 0.284. The Balaban J connectivity index is 0.000000600. The van der Waals surface area contributed by atoms with Crippen LogP contribution >= 0.6 is 0 Å². The highest BCUT2D eigenvalue weighted by molar-refractivity contribution is 5.88. The van der Waals surface area contributed by atoms with E-state index in [-0.39, 0.29) is 5.41 Å². The van der Waals surface area contributed by atoms with Crippen LogP contribution < -0.4 is 0 Å². The van der Waals surface area contributed by atoms with Gasteiger partial charge in [0.2, 0.25) is 0 Å². The first kappa shape index (κ1) is 33.7. The molecule has 0 fully saturated rings. The van der Waals surface area contributed by atoms with Crippen molar-refractivity contribution in [3.05, 3.63) is 70.8 Å². The van der Waals surface area contributed by atoms with E-state index >= 15 is 0 Å². The summed E-state index contributed by atoms with van der Waals surface area (Å²) in [4.78, 5) is 37.4. The van der Waals surface area contributed by atoms with E-state index in [2.05, 4.69) is 43.9 Å². The summed E-state index contributed by atoms with van der Waals surface area (Å²) in [5.74, 6) is -0.736. The average molecular weight is 533 g/mol. The Labute approximate surface area is 229 Å². The molecule has 1 N–H and O–H groups in total. The molecular formula is C31H48O7. The number of hydrogen-bond acceptors (Lipinski definition) is 7. The van der Waals surface area contributed by atoms with Crippen molar-refractivity contribution in [2.75, 3.05) is 0 Å². The molecule has 0 heterocycles. The van der Waals surface area contributed by atoms with Gasteiger partial charge in [-0.2, -0.15) is 5.26 Å². The van der Waals surface area contributed by atoms with Crippen LogP contribution in [0, 0.1) is 0 Å². The van der Waals surface area contributed by atoms with Crippen molar-refractivity contribution in [3.63, 3.8) is 0 Å². The number of hydrogen-bond donors (Lipinski definition) is 1. The van der Waals surface area contributed by atoms with E-state index in [0.717, 1.165) is 11.1 Å². The summed E-state index contributed by atoms with van der Waals surface area (Å²) >= 11 is 0. The molecule has 0 amide bonds. The van der Waals surface area contributed by atoms with Crippen LogP contribution in [-0.2, 0) is 41.1 Å². The Morgan fingerprint density at radius 1 is 0.579 bits per heavy atom. The van der Waals surface area contributed by atoms with Gasteiger partial charge < -0.3 is 0 Å². The van der Waals surface area contributed by atoms with Crippen molar-refractivity contribution in [1.82, 2.24) is 0 Å². The molecule has 38 heavy (non-hydrogen) atoms. The van der Waals surface area contributed by atoms with Crippen LogP contribution in [0.2, 0.25) is 0 Å². The largest absolute Gasteiger partial charge is 0.372 e. The van der Waals surface area contributed by atoms with Gasteiger partial charge in [0.15, 0.2) is 0 Å².